The van der Waals surface area contributed by atoms with Crippen molar-refractivity contribution in [1.82, 2.24) is 9.88 Å². The largest absolute Gasteiger partial charge is 0.490 e. The number of likely N-dealkylation sites (tertiary alicyclic amines) is 1. The fourth-order valence-corrected chi connectivity index (χ4v) is 4.29. The second-order valence-corrected chi connectivity index (χ2v) is 7.38. The molecule has 1 unspecified atom stereocenters. The van der Waals surface area contributed by atoms with Crippen molar-refractivity contribution in [3.63, 3.8) is 0 Å². The summed E-state index contributed by atoms with van der Waals surface area (Å²) in [5, 5.41) is 1.21. The van der Waals surface area contributed by atoms with Gasteiger partial charge in [-0.3, -0.25) is 9.88 Å². The van der Waals surface area contributed by atoms with E-state index in [2.05, 4.69) is 52.3 Å². The Hall–Kier alpha value is -2.59. The Bertz CT molecular complexity index is 951. The van der Waals surface area contributed by atoms with E-state index in [0.717, 1.165) is 49.7 Å². The highest BCUT2D eigenvalue weighted by Gasteiger charge is 2.27. The van der Waals surface area contributed by atoms with E-state index in [1.54, 1.807) is 0 Å². The van der Waals surface area contributed by atoms with Crippen LogP contribution in [-0.2, 0) is 6.54 Å². The first-order valence-electron chi connectivity index (χ1n) is 9.85. The van der Waals surface area contributed by atoms with E-state index in [1.807, 2.05) is 12.3 Å². The van der Waals surface area contributed by atoms with E-state index in [4.69, 9.17) is 9.47 Å². The van der Waals surface area contributed by atoms with Gasteiger partial charge in [-0.15, -0.1) is 0 Å². The molecule has 0 N–H and O–H groups in total. The molecule has 0 radical (unpaired) electrons. The number of para-hydroxylation sites is 1. The van der Waals surface area contributed by atoms with Crippen molar-refractivity contribution in [3.8, 4) is 11.5 Å². The van der Waals surface area contributed by atoms with Gasteiger partial charge >= 0.3 is 0 Å². The predicted octanol–water partition coefficient (Wildman–Crippen LogP) is 4.73. The van der Waals surface area contributed by atoms with Gasteiger partial charge in [0.05, 0.1) is 18.7 Å². The molecule has 3 aromatic rings. The summed E-state index contributed by atoms with van der Waals surface area (Å²) in [7, 11) is 0. The van der Waals surface area contributed by atoms with Crippen LogP contribution < -0.4 is 9.47 Å². The Morgan fingerprint density at radius 2 is 1.85 bits per heavy atom. The van der Waals surface area contributed by atoms with E-state index >= 15 is 0 Å². The molecule has 1 fully saturated rings. The molecular weight excluding hydrogens is 336 g/mol. The van der Waals surface area contributed by atoms with Crippen molar-refractivity contribution in [1.29, 1.82) is 0 Å². The fourth-order valence-electron chi connectivity index (χ4n) is 4.29. The number of fused-ring (bicyclic) bond motifs is 2. The molecule has 138 valence electrons. The number of aromatic nitrogens is 1. The number of hydrogen-bond acceptors (Lipinski definition) is 4. The molecule has 2 aliphatic heterocycles. The van der Waals surface area contributed by atoms with Gasteiger partial charge in [-0.05, 0) is 48.7 Å². The predicted molar refractivity (Wildman–Crippen MR) is 106 cm³/mol. The van der Waals surface area contributed by atoms with Gasteiger partial charge in [0.15, 0.2) is 11.5 Å². The average molecular weight is 360 g/mol. The molecule has 4 nitrogen and oxygen atoms in total. The summed E-state index contributed by atoms with van der Waals surface area (Å²) in [6, 6.07) is 17.5. The van der Waals surface area contributed by atoms with Crippen molar-refractivity contribution in [2.75, 3.05) is 19.8 Å². The van der Waals surface area contributed by atoms with Gasteiger partial charge in [-0.2, -0.15) is 0 Å². The molecule has 2 aliphatic rings. The number of nitrogens with zero attached hydrogens (tertiary/aromatic N) is 2. The van der Waals surface area contributed by atoms with E-state index in [1.165, 1.54) is 29.4 Å². The van der Waals surface area contributed by atoms with Crippen molar-refractivity contribution in [3.05, 3.63) is 65.9 Å². The molecule has 0 saturated carbocycles. The topological polar surface area (TPSA) is 34.6 Å². The van der Waals surface area contributed by atoms with Crippen molar-refractivity contribution in [2.45, 2.75) is 31.8 Å². The monoisotopic (exact) mass is 360 g/mol. The number of rotatable bonds is 3. The minimum absolute atomic E-state index is 0.418. The summed E-state index contributed by atoms with van der Waals surface area (Å²) in [6.45, 7) is 3.50. The summed E-state index contributed by atoms with van der Waals surface area (Å²) in [5.74, 6) is 1.77. The zero-order valence-electron chi connectivity index (χ0n) is 15.4. The normalized spacial score (nSPS) is 19.9. The maximum Gasteiger partial charge on any atom is 0.161 e. The van der Waals surface area contributed by atoms with Crippen molar-refractivity contribution >= 4 is 10.9 Å². The molecule has 27 heavy (non-hydrogen) atoms. The first-order chi connectivity index (χ1) is 13.4. The number of hydrogen-bond donors (Lipinski definition) is 0. The lowest BCUT2D eigenvalue weighted by atomic mass is 10.0. The van der Waals surface area contributed by atoms with E-state index < -0.39 is 0 Å². The molecule has 1 aromatic heterocycles. The molecule has 2 aromatic carbocycles. The highest BCUT2D eigenvalue weighted by Crippen LogP contribution is 2.38. The highest BCUT2D eigenvalue weighted by atomic mass is 16.5. The van der Waals surface area contributed by atoms with Gasteiger partial charge in [0.25, 0.3) is 0 Å². The Morgan fingerprint density at radius 1 is 0.963 bits per heavy atom. The molecule has 0 aliphatic carbocycles. The van der Waals surface area contributed by atoms with Crippen LogP contribution in [0.1, 0.15) is 36.4 Å². The van der Waals surface area contributed by atoms with Gasteiger partial charge in [0.2, 0.25) is 0 Å². The zero-order valence-corrected chi connectivity index (χ0v) is 15.4. The van der Waals surface area contributed by atoms with Crippen molar-refractivity contribution in [2.24, 2.45) is 0 Å². The molecule has 1 atom stereocenters. The summed E-state index contributed by atoms with van der Waals surface area (Å²) >= 11 is 0. The maximum atomic E-state index is 5.91. The van der Waals surface area contributed by atoms with Crippen LogP contribution in [0.25, 0.3) is 10.9 Å². The van der Waals surface area contributed by atoms with Crippen LogP contribution in [0.5, 0.6) is 11.5 Å². The summed E-state index contributed by atoms with van der Waals surface area (Å²) in [4.78, 5) is 7.20. The fraction of sp³-hybridized carbons (Fsp3) is 0.348. The maximum absolute atomic E-state index is 5.91. The number of ether oxygens (including phenoxy) is 2. The van der Waals surface area contributed by atoms with Crippen LogP contribution in [0, 0.1) is 0 Å². The third kappa shape index (κ3) is 3.26. The molecule has 0 spiro atoms. The zero-order chi connectivity index (χ0) is 18.1. The minimum Gasteiger partial charge on any atom is -0.490 e. The Kier molecular flexibility index (Phi) is 4.42. The Morgan fingerprint density at radius 3 is 2.81 bits per heavy atom. The van der Waals surface area contributed by atoms with Crippen LogP contribution in [0.4, 0.5) is 0 Å². The van der Waals surface area contributed by atoms with Crippen LogP contribution in [0.2, 0.25) is 0 Å². The molecular formula is C23H24N2O2. The number of pyridine rings is 1. The molecule has 1 saturated heterocycles. The molecule has 0 amide bonds. The second kappa shape index (κ2) is 7.20. The van der Waals surface area contributed by atoms with Crippen LogP contribution in [0.3, 0.4) is 0 Å². The van der Waals surface area contributed by atoms with Crippen LogP contribution in [0.15, 0.2) is 54.7 Å². The van der Waals surface area contributed by atoms with Crippen molar-refractivity contribution < 1.29 is 9.47 Å². The van der Waals surface area contributed by atoms with E-state index in [0.29, 0.717) is 6.04 Å². The minimum atomic E-state index is 0.418. The molecule has 5 rings (SSSR count). The van der Waals surface area contributed by atoms with E-state index in [-0.39, 0.29) is 0 Å². The average Bonchev–Trinajstić information content (AvgIpc) is 3.04. The smallest absolute Gasteiger partial charge is 0.161 e. The molecule has 4 heteroatoms. The molecule has 0 bridgehead atoms. The quantitative estimate of drug-likeness (QED) is 0.676. The number of benzene rings is 2. The summed E-state index contributed by atoms with van der Waals surface area (Å²) < 4.78 is 11.7. The van der Waals surface area contributed by atoms with E-state index in [9.17, 15) is 0 Å². The lowest BCUT2D eigenvalue weighted by Gasteiger charge is -2.26. The van der Waals surface area contributed by atoms with Crippen LogP contribution >= 0.6 is 0 Å². The van der Waals surface area contributed by atoms with Gasteiger partial charge in [0.1, 0.15) is 0 Å². The van der Waals surface area contributed by atoms with Crippen LogP contribution in [-0.4, -0.2) is 29.6 Å². The molecule has 3 heterocycles. The standard InChI is InChI=1S/C23H24N2O2/c1-5-17-7-2-11-24-23(17)19(6-1)16-25-12-3-8-20(25)18-9-10-21-22(15-18)27-14-4-13-26-21/h1-2,5-7,9-11,15,20H,3-4,8,12-14,16H2. The SMILES string of the molecule is c1cnc2c(CN3CCCC3c3ccc4c(c3)OCCCO4)cccc2c1. The summed E-state index contributed by atoms with van der Waals surface area (Å²) in [5.41, 5.74) is 3.74. The highest BCUT2D eigenvalue weighted by molar-refractivity contribution is 5.81. The third-order valence-electron chi connectivity index (χ3n) is 5.61. The second-order valence-electron chi connectivity index (χ2n) is 7.38. The first-order valence-corrected chi connectivity index (χ1v) is 9.85. The third-order valence-corrected chi connectivity index (χ3v) is 5.61. The lowest BCUT2D eigenvalue weighted by molar-refractivity contribution is 0.248. The lowest BCUT2D eigenvalue weighted by Crippen LogP contribution is -2.23. The van der Waals surface area contributed by atoms with Gasteiger partial charge in [0, 0.05) is 30.6 Å². The van der Waals surface area contributed by atoms with Gasteiger partial charge in [-0.1, -0.05) is 30.3 Å². The summed E-state index contributed by atoms with van der Waals surface area (Å²) in [6.07, 6.45) is 5.22. The van der Waals surface area contributed by atoms with Gasteiger partial charge in [-0.25, -0.2) is 0 Å². The Labute approximate surface area is 159 Å². The first kappa shape index (κ1) is 16.6. The Balaban J connectivity index is 1.43. The van der Waals surface area contributed by atoms with Gasteiger partial charge < -0.3 is 9.47 Å².